The highest BCUT2D eigenvalue weighted by atomic mass is 31.2. The SMILES string of the molecule is CC(C)CC(CC(C)C)=NOP(=O)(COC(C)Cn1cnc2c(N)ncnc21)NC(C)(C)C(=O)O. The molecule has 0 aliphatic carbocycles. The summed E-state index contributed by atoms with van der Waals surface area (Å²) >= 11 is 0. The van der Waals surface area contributed by atoms with Gasteiger partial charge in [0.25, 0.3) is 0 Å². The predicted octanol–water partition coefficient (Wildman–Crippen LogP) is 3.88. The Hall–Kier alpha value is -2.56. The van der Waals surface area contributed by atoms with Crippen molar-refractivity contribution in [2.45, 2.75) is 79.5 Å². The molecule has 0 spiro atoms. The standard InChI is InChI=1S/C22H38N7O5P/c1-14(2)8-17(9-15(3)4)27-34-35(32,28-22(6,7)21(30)31)13-33-16(5)10-29-12-26-18-19(23)24-11-25-20(18)29/h11-12,14-16H,8-10,13H2,1-7H3,(H,28,32)(H,30,31)(H2,23,24,25). The fourth-order valence-corrected chi connectivity index (χ4v) is 5.16. The van der Waals surface area contributed by atoms with Crippen LogP contribution in [-0.2, 0) is 25.3 Å². The molecule has 0 amide bonds. The molecule has 12 nitrogen and oxygen atoms in total. The number of ether oxygens (including phenoxy) is 1. The maximum Gasteiger partial charge on any atom is 0.365 e. The normalized spacial score (nSPS) is 14.8. The Morgan fingerprint density at radius 3 is 2.40 bits per heavy atom. The number of aliphatic carboxylic acids is 1. The Kier molecular flexibility index (Phi) is 9.76. The van der Waals surface area contributed by atoms with Crippen LogP contribution < -0.4 is 10.8 Å². The number of rotatable bonds is 14. The van der Waals surface area contributed by atoms with E-state index in [0.717, 1.165) is 5.71 Å². The summed E-state index contributed by atoms with van der Waals surface area (Å²) < 4.78 is 26.8. The van der Waals surface area contributed by atoms with Crippen LogP contribution in [0.4, 0.5) is 5.82 Å². The van der Waals surface area contributed by atoms with Gasteiger partial charge in [0.05, 0.1) is 24.7 Å². The smallest absolute Gasteiger partial charge is 0.365 e. The van der Waals surface area contributed by atoms with Gasteiger partial charge in [0.1, 0.15) is 23.7 Å². The van der Waals surface area contributed by atoms with Crippen molar-refractivity contribution in [1.29, 1.82) is 0 Å². The van der Waals surface area contributed by atoms with Crippen LogP contribution >= 0.6 is 7.52 Å². The summed E-state index contributed by atoms with van der Waals surface area (Å²) in [6.45, 7) is 13.2. The summed E-state index contributed by atoms with van der Waals surface area (Å²) in [6.07, 6.45) is 3.46. The van der Waals surface area contributed by atoms with E-state index in [0.29, 0.717) is 42.4 Å². The van der Waals surface area contributed by atoms with Crippen molar-refractivity contribution in [3.05, 3.63) is 12.7 Å². The quantitative estimate of drug-likeness (QED) is 0.192. The molecule has 196 valence electrons. The van der Waals surface area contributed by atoms with Gasteiger partial charge in [0.15, 0.2) is 11.5 Å². The van der Waals surface area contributed by atoms with E-state index in [4.69, 9.17) is 15.1 Å². The summed E-state index contributed by atoms with van der Waals surface area (Å²) in [4.78, 5) is 24.0. The van der Waals surface area contributed by atoms with Crippen molar-refractivity contribution in [2.75, 3.05) is 12.1 Å². The largest absolute Gasteiger partial charge is 0.480 e. The van der Waals surface area contributed by atoms with Crippen LogP contribution in [0.25, 0.3) is 11.2 Å². The molecule has 2 unspecified atom stereocenters. The number of anilines is 1. The molecular weight excluding hydrogens is 473 g/mol. The van der Waals surface area contributed by atoms with Crippen molar-refractivity contribution < 1.29 is 23.8 Å². The molecule has 35 heavy (non-hydrogen) atoms. The van der Waals surface area contributed by atoms with Crippen LogP contribution in [0.3, 0.4) is 0 Å². The molecule has 2 rings (SSSR count). The molecule has 0 fully saturated rings. The second-order valence-electron chi connectivity index (χ2n) is 10.1. The summed E-state index contributed by atoms with van der Waals surface area (Å²) in [5.74, 6) is -0.238. The van der Waals surface area contributed by atoms with Gasteiger partial charge in [-0.2, -0.15) is 0 Å². The van der Waals surface area contributed by atoms with Gasteiger partial charge in [-0.15, -0.1) is 0 Å². The van der Waals surface area contributed by atoms with Crippen molar-refractivity contribution in [2.24, 2.45) is 17.0 Å². The first-order valence-electron chi connectivity index (χ1n) is 11.6. The molecule has 0 saturated heterocycles. The fraction of sp³-hybridized carbons (Fsp3) is 0.682. The molecule has 0 aliphatic heterocycles. The number of hydrogen-bond donors (Lipinski definition) is 3. The molecule has 0 bridgehead atoms. The molecule has 0 saturated carbocycles. The van der Waals surface area contributed by atoms with E-state index in [-0.39, 0.29) is 12.2 Å². The topological polar surface area (TPSA) is 167 Å². The molecule has 2 heterocycles. The zero-order valence-electron chi connectivity index (χ0n) is 21.6. The minimum atomic E-state index is -3.85. The first-order chi connectivity index (χ1) is 16.2. The van der Waals surface area contributed by atoms with Gasteiger partial charge in [-0.05, 0) is 45.4 Å². The Bertz CT molecular complexity index is 1070. The second-order valence-corrected chi connectivity index (χ2v) is 12.1. The van der Waals surface area contributed by atoms with E-state index in [9.17, 15) is 14.5 Å². The Balaban J connectivity index is 2.19. The van der Waals surface area contributed by atoms with Crippen LogP contribution in [-0.4, -0.2) is 54.3 Å². The van der Waals surface area contributed by atoms with Gasteiger partial charge in [-0.3, -0.25) is 9.36 Å². The predicted molar refractivity (Wildman–Crippen MR) is 135 cm³/mol. The highest BCUT2D eigenvalue weighted by Gasteiger charge is 2.38. The number of hydrogen-bond acceptors (Lipinski definition) is 9. The van der Waals surface area contributed by atoms with Gasteiger partial charge in [0, 0.05) is 0 Å². The van der Waals surface area contributed by atoms with Gasteiger partial charge < -0.3 is 24.8 Å². The van der Waals surface area contributed by atoms with Gasteiger partial charge in [-0.1, -0.05) is 32.9 Å². The van der Waals surface area contributed by atoms with Crippen molar-refractivity contribution in [1.82, 2.24) is 24.6 Å². The average molecular weight is 512 g/mol. The first-order valence-corrected chi connectivity index (χ1v) is 13.4. The number of nitrogens with one attached hydrogen (secondary N) is 1. The zero-order valence-corrected chi connectivity index (χ0v) is 22.5. The molecule has 0 aromatic carbocycles. The third-order valence-electron chi connectivity index (χ3n) is 4.99. The van der Waals surface area contributed by atoms with Crippen LogP contribution in [0.2, 0.25) is 0 Å². The molecule has 4 N–H and O–H groups in total. The average Bonchev–Trinajstić information content (AvgIpc) is 3.14. The third-order valence-corrected chi connectivity index (χ3v) is 6.72. The molecule has 2 atom stereocenters. The van der Waals surface area contributed by atoms with Crippen molar-refractivity contribution >= 4 is 36.2 Å². The van der Waals surface area contributed by atoms with Gasteiger partial charge >= 0.3 is 13.5 Å². The Labute approximate surface area is 206 Å². The number of carboxylic acids is 1. The van der Waals surface area contributed by atoms with Crippen LogP contribution in [0.1, 0.15) is 61.3 Å². The van der Waals surface area contributed by atoms with Crippen molar-refractivity contribution in [3.63, 3.8) is 0 Å². The van der Waals surface area contributed by atoms with E-state index >= 15 is 0 Å². The van der Waals surface area contributed by atoms with E-state index in [1.807, 2.05) is 0 Å². The van der Waals surface area contributed by atoms with E-state index in [1.165, 1.54) is 20.2 Å². The number of carboxylic acid groups (broad SMARTS) is 1. The number of aromatic nitrogens is 4. The minimum absolute atomic E-state index is 0.275. The summed E-state index contributed by atoms with van der Waals surface area (Å²) in [5, 5.41) is 16.4. The zero-order chi connectivity index (χ0) is 26.4. The molecule has 13 heteroatoms. The summed E-state index contributed by atoms with van der Waals surface area (Å²) in [5.41, 5.74) is 6.11. The number of nitrogens with two attached hydrogens (primary N) is 1. The number of nitrogens with zero attached hydrogens (tertiary/aromatic N) is 5. The Morgan fingerprint density at radius 2 is 1.83 bits per heavy atom. The fourth-order valence-electron chi connectivity index (χ4n) is 3.36. The van der Waals surface area contributed by atoms with Gasteiger partial charge in [-0.25, -0.2) is 20.0 Å². The third kappa shape index (κ3) is 8.55. The van der Waals surface area contributed by atoms with E-state index in [2.05, 4.69) is 52.9 Å². The number of nitrogen functional groups attached to an aromatic ring is 1. The van der Waals surface area contributed by atoms with E-state index in [1.54, 1.807) is 17.8 Å². The highest BCUT2D eigenvalue weighted by molar-refractivity contribution is 7.56. The molecule has 0 radical (unpaired) electrons. The van der Waals surface area contributed by atoms with Crippen LogP contribution in [0.5, 0.6) is 0 Å². The minimum Gasteiger partial charge on any atom is -0.480 e. The lowest BCUT2D eigenvalue weighted by Crippen LogP contribution is -2.45. The molecule has 2 aromatic heterocycles. The monoisotopic (exact) mass is 511 g/mol. The second kappa shape index (κ2) is 11.9. The van der Waals surface area contributed by atoms with Crippen molar-refractivity contribution in [3.8, 4) is 0 Å². The lowest BCUT2D eigenvalue weighted by atomic mass is 9.99. The summed E-state index contributed by atoms with van der Waals surface area (Å²) in [6, 6.07) is 0. The highest BCUT2D eigenvalue weighted by Crippen LogP contribution is 2.45. The Morgan fingerprint density at radius 1 is 1.20 bits per heavy atom. The van der Waals surface area contributed by atoms with E-state index < -0.39 is 25.1 Å². The summed E-state index contributed by atoms with van der Waals surface area (Å²) in [7, 11) is -3.85. The van der Waals surface area contributed by atoms with Crippen LogP contribution in [0.15, 0.2) is 17.8 Å². The lowest BCUT2D eigenvalue weighted by molar-refractivity contribution is -0.142. The lowest BCUT2D eigenvalue weighted by Gasteiger charge is -2.27. The molecule has 0 aliphatic rings. The number of imidazole rings is 1. The van der Waals surface area contributed by atoms with Crippen LogP contribution in [0, 0.1) is 11.8 Å². The number of carbonyl (C=O) groups is 1. The molecule has 2 aromatic rings. The first kappa shape index (κ1) is 28.7. The maximum absolute atomic E-state index is 13.7. The maximum atomic E-state index is 13.7. The number of oxime groups is 1. The molecular formula is C22H38N7O5P. The van der Waals surface area contributed by atoms with Gasteiger partial charge in [0.2, 0.25) is 0 Å². The number of fused-ring (bicyclic) bond motifs is 1.